The first-order valence-electron chi connectivity index (χ1n) is 9.84. The third-order valence-corrected chi connectivity index (χ3v) is 3.45. The second kappa shape index (κ2) is 17.8. The number of nitrogens with zero attached hydrogens (tertiary/aromatic N) is 1. The zero-order valence-electron chi connectivity index (χ0n) is 18.1. The Labute approximate surface area is 187 Å². The zero-order chi connectivity index (χ0) is 20.5. The van der Waals surface area contributed by atoms with Crippen molar-refractivity contribution >= 4 is 42.0 Å². The summed E-state index contributed by atoms with van der Waals surface area (Å²) in [6.45, 7) is 10.3. The molecule has 3 N–H and O–H groups in total. The van der Waals surface area contributed by atoms with Gasteiger partial charge in [-0.15, -0.1) is 24.0 Å². The summed E-state index contributed by atoms with van der Waals surface area (Å²) in [5.41, 5.74) is -0.482. The molecule has 9 heteroatoms. The number of halogens is 1. The number of guanidine groups is 1. The van der Waals surface area contributed by atoms with E-state index in [9.17, 15) is 9.59 Å². The van der Waals surface area contributed by atoms with Crippen LogP contribution in [0.2, 0.25) is 0 Å². The van der Waals surface area contributed by atoms with E-state index in [4.69, 9.17) is 4.74 Å². The summed E-state index contributed by atoms with van der Waals surface area (Å²) >= 11 is 0. The van der Waals surface area contributed by atoms with E-state index >= 15 is 0 Å². The van der Waals surface area contributed by atoms with Crippen molar-refractivity contribution in [2.75, 3.05) is 33.3 Å². The van der Waals surface area contributed by atoms with Crippen molar-refractivity contribution in [3.05, 3.63) is 0 Å². The van der Waals surface area contributed by atoms with Crippen LogP contribution in [0.3, 0.4) is 0 Å². The highest BCUT2D eigenvalue weighted by Crippen LogP contribution is 2.06. The van der Waals surface area contributed by atoms with Crippen molar-refractivity contribution in [3.63, 3.8) is 0 Å². The molecule has 0 radical (unpaired) electrons. The number of hydrogen-bond acceptors (Lipinski definition) is 5. The summed E-state index contributed by atoms with van der Waals surface area (Å²) in [4.78, 5) is 27.1. The summed E-state index contributed by atoms with van der Waals surface area (Å²) in [5.74, 6) is 0.639. The number of nitrogens with one attached hydrogen (secondary N) is 3. The highest BCUT2D eigenvalue weighted by Gasteiger charge is 2.15. The fourth-order valence-electron chi connectivity index (χ4n) is 2.17. The lowest BCUT2D eigenvalue weighted by atomic mass is 10.1. The molecule has 1 amide bonds. The van der Waals surface area contributed by atoms with E-state index in [1.165, 1.54) is 7.11 Å². The van der Waals surface area contributed by atoms with Gasteiger partial charge in [0.15, 0.2) is 5.96 Å². The first-order chi connectivity index (χ1) is 12.8. The molecular formula is C19H39IN4O4. The number of carbonyl (C=O) groups is 2. The Morgan fingerprint density at radius 3 is 2.18 bits per heavy atom. The van der Waals surface area contributed by atoms with Gasteiger partial charge in [0.1, 0.15) is 5.60 Å². The van der Waals surface area contributed by atoms with Gasteiger partial charge in [-0.25, -0.2) is 4.79 Å². The molecule has 8 nitrogen and oxygen atoms in total. The average molecular weight is 514 g/mol. The molecule has 0 aliphatic rings. The standard InChI is InChI=1S/C19H38N4O4.HI/c1-6-20-17(21-13-10-8-7-9-12-16(24)26-5)22-14-11-15-23-18(25)27-19(2,3)4;/h6-15H2,1-5H3,(H,23,25)(H2,20,21,22);1H. The largest absolute Gasteiger partial charge is 0.469 e. The molecule has 0 unspecified atom stereocenters. The van der Waals surface area contributed by atoms with Crippen LogP contribution in [0.1, 0.15) is 66.2 Å². The quantitative estimate of drug-likeness (QED) is 0.122. The van der Waals surface area contributed by atoms with Gasteiger partial charge in [-0.2, -0.15) is 0 Å². The highest BCUT2D eigenvalue weighted by molar-refractivity contribution is 14.0. The summed E-state index contributed by atoms with van der Waals surface area (Å²) in [7, 11) is 1.42. The number of aliphatic imine (C=N–C) groups is 1. The molecule has 0 aliphatic carbocycles. The van der Waals surface area contributed by atoms with Crippen molar-refractivity contribution in [3.8, 4) is 0 Å². The van der Waals surface area contributed by atoms with Crippen molar-refractivity contribution in [2.45, 2.75) is 71.8 Å². The third kappa shape index (κ3) is 19.5. The molecule has 0 fully saturated rings. The minimum absolute atomic E-state index is 0. The fourth-order valence-corrected chi connectivity index (χ4v) is 2.17. The number of esters is 1. The average Bonchev–Trinajstić information content (AvgIpc) is 2.58. The number of rotatable bonds is 12. The predicted octanol–water partition coefficient (Wildman–Crippen LogP) is 3.20. The first kappa shape index (κ1) is 28.9. The van der Waals surface area contributed by atoms with Crippen LogP contribution in [0.15, 0.2) is 4.99 Å². The molecule has 0 bridgehead atoms. The summed E-state index contributed by atoms with van der Waals surface area (Å²) in [6.07, 6.45) is 4.79. The van der Waals surface area contributed by atoms with Gasteiger partial charge in [0.05, 0.1) is 7.11 Å². The van der Waals surface area contributed by atoms with E-state index in [0.717, 1.165) is 51.2 Å². The minimum atomic E-state index is -0.482. The van der Waals surface area contributed by atoms with Crippen molar-refractivity contribution < 1.29 is 19.1 Å². The van der Waals surface area contributed by atoms with E-state index in [0.29, 0.717) is 19.5 Å². The van der Waals surface area contributed by atoms with Crippen LogP contribution in [0.4, 0.5) is 4.79 Å². The Morgan fingerprint density at radius 2 is 1.57 bits per heavy atom. The van der Waals surface area contributed by atoms with Crippen molar-refractivity contribution in [2.24, 2.45) is 4.99 Å². The van der Waals surface area contributed by atoms with Gasteiger partial charge in [0, 0.05) is 32.6 Å². The van der Waals surface area contributed by atoms with Gasteiger partial charge >= 0.3 is 12.1 Å². The number of ether oxygens (including phenoxy) is 2. The molecule has 166 valence electrons. The molecule has 0 atom stereocenters. The molecule has 28 heavy (non-hydrogen) atoms. The highest BCUT2D eigenvalue weighted by atomic mass is 127. The molecule has 0 aromatic rings. The maximum Gasteiger partial charge on any atom is 0.407 e. The number of methoxy groups -OCH3 is 1. The minimum Gasteiger partial charge on any atom is -0.469 e. The molecule has 0 rings (SSSR count). The third-order valence-electron chi connectivity index (χ3n) is 3.45. The Balaban J connectivity index is 0. The molecule has 0 aliphatic heterocycles. The lowest BCUT2D eigenvalue weighted by Crippen LogP contribution is -2.38. The molecule has 0 spiro atoms. The van der Waals surface area contributed by atoms with Crippen LogP contribution in [-0.4, -0.2) is 56.9 Å². The summed E-state index contributed by atoms with van der Waals surface area (Å²) < 4.78 is 9.80. The van der Waals surface area contributed by atoms with Crippen LogP contribution < -0.4 is 16.0 Å². The van der Waals surface area contributed by atoms with Gasteiger partial charge in [-0.3, -0.25) is 9.79 Å². The maximum atomic E-state index is 11.5. The number of hydrogen-bond donors (Lipinski definition) is 3. The smallest absolute Gasteiger partial charge is 0.407 e. The SMILES string of the molecule is CCNC(=NCCCNC(=O)OC(C)(C)C)NCCCCCCC(=O)OC.I. The van der Waals surface area contributed by atoms with Crippen LogP contribution in [0.25, 0.3) is 0 Å². The number of amides is 1. The van der Waals surface area contributed by atoms with Crippen LogP contribution in [0, 0.1) is 0 Å². The zero-order valence-corrected chi connectivity index (χ0v) is 20.4. The van der Waals surface area contributed by atoms with E-state index in [1.807, 2.05) is 27.7 Å². The van der Waals surface area contributed by atoms with Gasteiger partial charge in [-0.05, 0) is 47.0 Å². The van der Waals surface area contributed by atoms with Gasteiger partial charge in [0.2, 0.25) is 0 Å². The molecular weight excluding hydrogens is 475 g/mol. The van der Waals surface area contributed by atoms with E-state index in [1.54, 1.807) is 0 Å². The molecule has 0 saturated carbocycles. The molecule has 0 aromatic heterocycles. The van der Waals surface area contributed by atoms with Crippen LogP contribution in [0.5, 0.6) is 0 Å². The molecule has 0 heterocycles. The second-order valence-corrected chi connectivity index (χ2v) is 7.21. The monoisotopic (exact) mass is 514 g/mol. The van der Waals surface area contributed by atoms with E-state index < -0.39 is 11.7 Å². The topological polar surface area (TPSA) is 101 Å². The van der Waals surface area contributed by atoms with Crippen molar-refractivity contribution in [1.29, 1.82) is 0 Å². The van der Waals surface area contributed by atoms with Gasteiger partial charge < -0.3 is 25.4 Å². The maximum absolute atomic E-state index is 11.5. The van der Waals surface area contributed by atoms with Gasteiger partial charge in [0.25, 0.3) is 0 Å². The summed E-state index contributed by atoms with van der Waals surface area (Å²) in [5, 5.41) is 9.23. The lowest BCUT2D eigenvalue weighted by molar-refractivity contribution is -0.140. The number of alkyl carbamates (subject to hydrolysis) is 1. The molecule has 0 saturated heterocycles. The second-order valence-electron chi connectivity index (χ2n) is 7.21. The Kier molecular flexibility index (Phi) is 18.4. The van der Waals surface area contributed by atoms with Crippen LogP contribution >= 0.6 is 24.0 Å². The number of unbranched alkanes of at least 4 members (excludes halogenated alkanes) is 3. The Morgan fingerprint density at radius 1 is 0.929 bits per heavy atom. The summed E-state index contributed by atoms with van der Waals surface area (Å²) in [6, 6.07) is 0. The first-order valence-corrected chi connectivity index (χ1v) is 9.84. The lowest BCUT2D eigenvalue weighted by Gasteiger charge is -2.19. The van der Waals surface area contributed by atoms with E-state index in [-0.39, 0.29) is 29.9 Å². The molecule has 0 aromatic carbocycles. The Hall–Kier alpha value is -1.26. The number of carbonyl (C=O) groups excluding carboxylic acids is 2. The van der Waals surface area contributed by atoms with Gasteiger partial charge in [-0.1, -0.05) is 12.8 Å². The van der Waals surface area contributed by atoms with E-state index in [2.05, 4.69) is 25.7 Å². The van der Waals surface area contributed by atoms with Crippen molar-refractivity contribution in [1.82, 2.24) is 16.0 Å². The Bertz CT molecular complexity index is 454. The predicted molar refractivity (Wildman–Crippen MR) is 123 cm³/mol. The normalized spacial score (nSPS) is 11.2. The van der Waals surface area contributed by atoms with Crippen LogP contribution in [-0.2, 0) is 14.3 Å². The fraction of sp³-hybridized carbons (Fsp3) is 0.842.